The van der Waals surface area contributed by atoms with E-state index in [0.29, 0.717) is 38.2 Å². The van der Waals surface area contributed by atoms with Crippen LogP contribution in [0.5, 0.6) is 0 Å². The summed E-state index contributed by atoms with van der Waals surface area (Å²) in [5.74, 6) is -0.681. The Morgan fingerprint density at radius 3 is 2.41 bits per heavy atom. The first-order valence-corrected chi connectivity index (χ1v) is 12.2. The molecule has 4 N–H and O–H groups in total. The van der Waals surface area contributed by atoms with Crippen molar-refractivity contribution in [2.45, 2.75) is 96.8 Å². The first-order chi connectivity index (χ1) is 16.2. The summed E-state index contributed by atoms with van der Waals surface area (Å²) in [7, 11) is 0. The Hall–Kier alpha value is -2.82. The van der Waals surface area contributed by atoms with Crippen molar-refractivity contribution in [3.8, 4) is 0 Å². The maximum absolute atomic E-state index is 13.1. The minimum Gasteiger partial charge on any atom is -0.347 e. The second kappa shape index (κ2) is 13.8. The zero-order valence-corrected chi connectivity index (χ0v) is 20.6. The van der Waals surface area contributed by atoms with E-state index in [-0.39, 0.29) is 29.9 Å². The van der Waals surface area contributed by atoms with Gasteiger partial charge in [0, 0.05) is 45.6 Å². The van der Waals surface area contributed by atoms with Gasteiger partial charge < -0.3 is 21.3 Å². The molecule has 1 aromatic heterocycles. The first kappa shape index (κ1) is 27.4. The fraction of sp³-hybridized carbons (Fsp3) is 0.739. The van der Waals surface area contributed by atoms with Crippen molar-refractivity contribution in [2.24, 2.45) is 5.73 Å². The molecule has 0 radical (unpaired) electrons. The molecule has 11 heteroatoms. The lowest BCUT2D eigenvalue weighted by Gasteiger charge is -2.30. The fourth-order valence-corrected chi connectivity index (χ4v) is 4.02. The lowest BCUT2D eigenvalue weighted by Crippen LogP contribution is -2.53. The van der Waals surface area contributed by atoms with Crippen molar-refractivity contribution < 1.29 is 19.2 Å². The zero-order valence-electron chi connectivity index (χ0n) is 20.6. The molecule has 190 valence electrons. The third-order valence-electron chi connectivity index (χ3n) is 5.94. The van der Waals surface area contributed by atoms with Gasteiger partial charge in [0.25, 0.3) is 0 Å². The van der Waals surface area contributed by atoms with Crippen LogP contribution in [0.3, 0.4) is 0 Å². The number of aryl methyl sites for hydroxylation is 1. The van der Waals surface area contributed by atoms with Crippen LogP contribution in [0, 0.1) is 0 Å². The molecular weight excluding hydrogens is 438 g/mol. The Morgan fingerprint density at radius 2 is 1.79 bits per heavy atom. The molecule has 0 spiro atoms. The van der Waals surface area contributed by atoms with Gasteiger partial charge >= 0.3 is 0 Å². The van der Waals surface area contributed by atoms with Gasteiger partial charge in [-0.15, -0.1) is 5.10 Å². The summed E-state index contributed by atoms with van der Waals surface area (Å²) in [4.78, 5) is 50.4. The van der Waals surface area contributed by atoms with Crippen LogP contribution >= 0.6 is 0 Å². The number of unbranched alkanes of at least 4 members (excludes halogenated alkanes) is 1. The van der Waals surface area contributed by atoms with Gasteiger partial charge in [0.2, 0.25) is 17.7 Å². The number of hydrogen-bond donors (Lipinski definition) is 3. The molecule has 0 saturated carbocycles. The summed E-state index contributed by atoms with van der Waals surface area (Å²) in [5, 5.41) is 13.8. The van der Waals surface area contributed by atoms with Crippen LogP contribution in [0.15, 0.2) is 6.20 Å². The molecule has 3 amide bonds. The van der Waals surface area contributed by atoms with E-state index in [1.54, 1.807) is 29.6 Å². The lowest BCUT2D eigenvalue weighted by atomic mass is 10.0. The maximum atomic E-state index is 13.1. The van der Waals surface area contributed by atoms with Gasteiger partial charge in [-0.2, -0.15) is 0 Å². The highest BCUT2D eigenvalue weighted by Crippen LogP contribution is 2.12. The summed E-state index contributed by atoms with van der Waals surface area (Å²) >= 11 is 0. The number of rotatable bonds is 13. The molecule has 1 aliphatic heterocycles. The smallest absolute Gasteiger partial charge is 0.245 e. The van der Waals surface area contributed by atoms with Gasteiger partial charge in [-0.1, -0.05) is 12.1 Å². The number of ketones is 1. The highest BCUT2D eigenvalue weighted by Gasteiger charge is 2.29. The van der Waals surface area contributed by atoms with Gasteiger partial charge in [-0.3, -0.25) is 23.9 Å². The maximum Gasteiger partial charge on any atom is 0.245 e. The molecule has 2 unspecified atom stereocenters. The van der Waals surface area contributed by atoms with E-state index in [1.807, 2.05) is 0 Å². The second-order valence-electron chi connectivity index (χ2n) is 8.98. The Labute approximate surface area is 201 Å². The number of nitrogens with zero attached hydrogens (tertiary/aromatic N) is 4. The van der Waals surface area contributed by atoms with E-state index in [9.17, 15) is 19.2 Å². The molecule has 0 aromatic carbocycles. The summed E-state index contributed by atoms with van der Waals surface area (Å²) < 4.78 is 1.69. The van der Waals surface area contributed by atoms with Crippen LogP contribution in [-0.4, -0.2) is 74.6 Å². The minimum absolute atomic E-state index is 0.0245. The van der Waals surface area contributed by atoms with E-state index in [2.05, 4.69) is 20.9 Å². The number of carbonyl (C=O) groups is 4. The van der Waals surface area contributed by atoms with Crippen LogP contribution < -0.4 is 16.4 Å². The van der Waals surface area contributed by atoms with Crippen LogP contribution in [0.4, 0.5) is 0 Å². The SMILES string of the molecule is CCC(=O)C(CCCCn1cc(C[C@@H](NC(=O)C(C)N)C(=O)N2CCCCC2)nn1)NC(C)=O. The largest absolute Gasteiger partial charge is 0.347 e. The van der Waals surface area contributed by atoms with Gasteiger partial charge in [-0.05, 0) is 45.4 Å². The van der Waals surface area contributed by atoms with E-state index in [4.69, 9.17) is 5.73 Å². The standard InChI is InChI=1S/C23H39N7O4/c1-4-21(32)19(25-17(3)31)10-6-9-13-30-15-18(27-28-30)14-20(26-22(33)16(2)24)23(34)29-11-7-5-8-12-29/h15-16,19-20H,4-14,24H2,1-3H3,(H,25,31)(H,26,33)/t16?,19?,20-/m1/s1. The zero-order chi connectivity index (χ0) is 25.1. The van der Waals surface area contributed by atoms with E-state index < -0.39 is 18.1 Å². The van der Waals surface area contributed by atoms with Gasteiger partial charge in [0.05, 0.1) is 17.8 Å². The Balaban J connectivity index is 1.92. The third kappa shape index (κ3) is 8.85. The second-order valence-corrected chi connectivity index (χ2v) is 8.98. The molecule has 34 heavy (non-hydrogen) atoms. The molecule has 1 saturated heterocycles. The first-order valence-electron chi connectivity index (χ1n) is 12.2. The molecule has 11 nitrogen and oxygen atoms in total. The molecule has 2 rings (SSSR count). The van der Waals surface area contributed by atoms with Crippen molar-refractivity contribution in [2.75, 3.05) is 13.1 Å². The van der Waals surface area contributed by atoms with Gasteiger partial charge in [-0.25, -0.2) is 0 Å². The van der Waals surface area contributed by atoms with Gasteiger partial charge in [0.15, 0.2) is 5.78 Å². The van der Waals surface area contributed by atoms with Crippen LogP contribution in [0.25, 0.3) is 0 Å². The van der Waals surface area contributed by atoms with E-state index >= 15 is 0 Å². The van der Waals surface area contributed by atoms with Crippen molar-refractivity contribution >= 4 is 23.5 Å². The molecule has 1 aromatic rings. The van der Waals surface area contributed by atoms with Crippen molar-refractivity contribution in [1.82, 2.24) is 30.5 Å². The molecule has 1 aliphatic rings. The highest BCUT2D eigenvalue weighted by molar-refractivity contribution is 5.90. The molecule has 2 heterocycles. The molecular formula is C23H39N7O4. The third-order valence-corrected chi connectivity index (χ3v) is 5.94. The van der Waals surface area contributed by atoms with E-state index in [1.165, 1.54) is 6.92 Å². The van der Waals surface area contributed by atoms with Crippen molar-refractivity contribution in [3.05, 3.63) is 11.9 Å². The number of Topliss-reactive ketones (excluding diaryl/α,β-unsaturated/α-hetero) is 1. The molecule has 0 bridgehead atoms. The number of piperidine rings is 1. The minimum atomic E-state index is -0.736. The number of likely N-dealkylation sites (tertiary alicyclic amines) is 1. The Kier molecular flexibility index (Phi) is 11.1. The number of aromatic nitrogens is 3. The number of carbonyl (C=O) groups excluding carboxylic acids is 4. The van der Waals surface area contributed by atoms with Gasteiger partial charge in [0.1, 0.15) is 6.04 Å². The highest BCUT2D eigenvalue weighted by atomic mass is 16.2. The average Bonchev–Trinajstić information content (AvgIpc) is 3.26. The predicted octanol–water partition coefficient (Wildman–Crippen LogP) is 0.319. The number of hydrogen-bond acceptors (Lipinski definition) is 7. The summed E-state index contributed by atoms with van der Waals surface area (Å²) in [6, 6.07) is -1.91. The predicted molar refractivity (Wildman–Crippen MR) is 126 cm³/mol. The number of nitrogens with one attached hydrogen (secondary N) is 2. The quantitative estimate of drug-likeness (QED) is 0.346. The van der Waals surface area contributed by atoms with Crippen LogP contribution in [-0.2, 0) is 32.1 Å². The fourth-order valence-electron chi connectivity index (χ4n) is 4.02. The topological polar surface area (TPSA) is 152 Å². The van der Waals surface area contributed by atoms with Crippen molar-refractivity contribution in [3.63, 3.8) is 0 Å². The normalized spacial score (nSPS) is 16.4. The van der Waals surface area contributed by atoms with E-state index in [0.717, 1.165) is 32.1 Å². The summed E-state index contributed by atoms with van der Waals surface area (Å²) in [6.07, 6.45) is 7.50. The average molecular weight is 478 g/mol. The van der Waals surface area contributed by atoms with Crippen molar-refractivity contribution in [1.29, 1.82) is 0 Å². The van der Waals surface area contributed by atoms with Crippen LogP contribution in [0.2, 0.25) is 0 Å². The Bertz CT molecular complexity index is 833. The molecule has 1 fully saturated rings. The Morgan fingerprint density at radius 1 is 1.09 bits per heavy atom. The molecule has 3 atom stereocenters. The molecule has 0 aliphatic carbocycles. The number of amides is 3. The number of nitrogens with two attached hydrogens (primary N) is 1. The monoisotopic (exact) mass is 477 g/mol. The summed E-state index contributed by atoms with van der Waals surface area (Å²) in [5.41, 5.74) is 6.30. The van der Waals surface area contributed by atoms with Crippen LogP contribution in [0.1, 0.15) is 71.4 Å². The lowest BCUT2D eigenvalue weighted by molar-refractivity contribution is -0.137. The summed E-state index contributed by atoms with van der Waals surface area (Å²) in [6.45, 7) is 6.75.